The molecule has 214 valence electrons. The van der Waals surface area contributed by atoms with Gasteiger partial charge < -0.3 is 5.32 Å². The average molecular weight is 594 g/mol. The van der Waals surface area contributed by atoms with Crippen molar-refractivity contribution in [2.45, 2.75) is 43.0 Å². The van der Waals surface area contributed by atoms with Gasteiger partial charge in [0, 0.05) is 36.5 Å². The fourth-order valence-electron chi connectivity index (χ4n) is 5.14. The van der Waals surface area contributed by atoms with Gasteiger partial charge in [-0.05, 0) is 49.6 Å². The van der Waals surface area contributed by atoms with Gasteiger partial charge in [-0.25, -0.2) is 21.5 Å². The second-order valence-corrected chi connectivity index (χ2v) is 14.5. The Morgan fingerprint density at radius 1 is 1.05 bits per heavy atom. The van der Waals surface area contributed by atoms with Crippen molar-refractivity contribution in [1.82, 2.24) is 19.4 Å². The molecule has 2 fully saturated rings. The highest BCUT2D eigenvalue weighted by Gasteiger charge is 2.30. The predicted octanol–water partition coefficient (Wildman–Crippen LogP) is 3.31. The summed E-state index contributed by atoms with van der Waals surface area (Å²) < 4.78 is 53.8. The molecule has 10 nitrogen and oxygen atoms in total. The lowest BCUT2D eigenvalue weighted by Crippen LogP contribution is -2.36. The highest BCUT2D eigenvalue weighted by atomic mass is 32.2. The van der Waals surface area contributed by atoms with Crippen molar-refractivity contribution < 1.29 is 21.6 Å². The zero-order chi connectivity index (χ0) is 29.0. The van der Waals surface area contributed by atoms with Crippen LogP contribution in [0.5, 0.6) is 0 Å². The highest BCUT2D eigenvalue weighted by molar-refractivity contribution is 7.91. The SMILES string of the molecule is N#C/C(=C/c1cn(-c2ccccc2)nc1-c1cccc(S(=O)(=O)N2CCCCCC2)c1)C(=O)NC1CCS(=O)(=O)C1. The second kappa shape index (κ2) is 12.0. The summed E-state index contributed by atoms with van der Waals surface area (Å²) >= 11 is 0. The van der Waals surface area contributed by atoms with Crippen molar-refractivity contribution in [3.05, 3.63) is 71.9 Å². The van der Waals surface area contributed by atoms with E-state index < -0.39 is 31.8 Å². The van der Waals surface area contributed by atoms with E-state index in [2.05, 4.69) is 5.32 Å². The number of carbonyl (C=O) groups is 1. The first kappa shape index (κ1) is 28.7. The molecule has 1 aromatic heterocycles. The van der Waals surface area contributed by atoms with Crippen molar-refractivity contribution in [3.63, 3.8) is 0 Å². The van der Waals surface area contributed by atoms with E-state index in [4.69, 9.17) is 5.10 Å². The van der Waals surface area contributed by atoms with Crippen LogP contribution < -0.4 is 5.32 Å². The van der Waals surface area contributed by atoms with Gasteiger partial charge in [-0.15, -0.1) is 0 Å². The topological polar surface area (TPSA) is 142 Å². The summed E-state index contributed by atoms with van der Waals surface area (Å²) in [6, 6.07) is 17.2. The van der Waals surface area contributed by atoms with Crippen LogP contribution in [0.4, 0.5) is 0 Å². The molecule has 1 unspecified atom stereocenters. The first-order chi connectivity index (χ1) is 19.7. The molecule has 0 radical (unpaired) electrons. The Balaban J connectivity index is 1.53. The maximum Gasteiger partial charge on any atom is 0.262 e. The molecule has 12 heteroatoms. The van der Waals surface area contributed by atoms with Gasteiger partial charge >= 0.3 is 0 Å². The number of rotatable bonds is 7. The number of amides is 1. The summed E-state index contributed by atoms with van der Waals surface area (Å²) in [6.07, 6.45) is 7.01. The van der Waals surface area contributed by atoms with E-state index >= 15 is 0 Å². The van der Waals surface area contributed by atoms with E-state index in [0.29, 0.717) is 36.3 Å². The summed E-state index contributed by atoms with van der Waals surface area (Å²) in [5, 5.41) is 17.2. The normalized spacial score (nSPS) is 19.8. The smallest absolute Gasteiger partial charge is 0.262 e. The van der Waals surface area contributed by atoms with Crippen LogP contribution in [0.1, 0.15) is 37.7 Å². The van der Waals surface area contributed by atoms with Crippen LogP contribution in [-0.2, 0) is 24.7 Å². The zero-order valence-corrected chi connectivity index (χ0v) is 24.1. The minimum Gasteiger partial charge on any atom is -0.348 e. The molecule has 0 spiro atoms. The number of nitriles is 1. The van der Waals surface area contributed by atoms with Crippen LogP contribution in [0.2, 0.25) is 0 Å². The molecule has 1 amide bonds. The molecular weight excluding hydrogens is 562 g/mol. The van der Waals surface area contributed by atoms with Crippen LogP contribution >= 0.6 is 0 Å². The number of benzene rings is 2. The summed E-state index contributed by atoms with van der Waals surface area (Å²) in [4.78, 5) is 13.1. The van der Waals surface area contributed by atoms with E-state index in [-0.39, 0.29) is 22.0 Å². The van der Waals surface area contributed by atoms with Crippen molar-refractivity contribution in [2.75, 3.05) is 24.6 Å². The van der Waals surface area contributed by atoms with E-state index in [1.54, 1.807) is 35.1 Å². The van der Waals surface area contributed by atoms with Gasteiger partial charge in [0.15, 0.2) is 9.84 Å². The van der Waals surface area contributed by atoms with Crippen LogP contribution in [0.25, 0.3) is 23.0 Å². The van der Waals surface area contributed by atoms with Crippen molar-refractivity contribution in [1.29, 1.82) is 5.26 Å². The van der Waals surface area contributed by atoms with Gasteiger partial charge in [0.2, 0.25) is 10.0 Å². The number of hydrogen-bond acceptors (Lipinski definition) is 7. The van der Waals surface area contributed by atoms with E-state index in [9.17, 15) is 26.9 Å². The van der Waals surface area contributed by atoms with Crippen LogP contribution in [0, 0.1) is 11.3 Å². The van der Waals surface area contributed by atoms with E-state index in [1.165, 1.54) is 10.4 Å². The highest BCUT2D eigenvalue weighted by Crippen LogP contribution is 2.29. The van der Waals surface area contributed by atoms with Gasteiger partial charge in [-0.3, -0.25) is 4.79 Å². The monoisotopic (exact) mass is 593 g/mol. The largest absolute Gasteiger partial charge is 0.348 e. The molecule has 3 heterocycles. The molecular formula is C29H31N5O5S2. The zero-order valence-electron chi connectivity index (χ0n) is 22.4. The van der Waals surface area contributed by atoms with Crippen LogP contribution in [0.15, 0.2) is 71.3 Å². The fourth-order valence-corrected chi connectivity index (χ4v) is 8.38. The number of hydrogen-bond donors (Lipinski definition) is 1. The predicted molar refractivity (Wildman–Crippen MR) is 155 cm³/mol. The molecule has 0 aliphatic carbocycles. The maximum absolute atomic E-state index is 13.5. The Kier molecular flexibility index (Phi) is 8.40. The maximum atomic E-state index is 13.5. The Hall–Kier alpha value is -3.79. The third kappa shape index (κ3) is 6.59. The lowest BCUT2D eigenvalue weighted by molar-refractivity contribution is -0.117. The van der Waals surface area contributed by atoms with E-state index in [0.717, 1.165) is 31.4 Å². The molecule has 0 saturated carbocycles. The van der Waals surface area contributed by atoms with Crippen molar-refractivity contribution in [2.24, 2.45) is 0 Å². The molecule has 5 rings (SSSR count). The first-order valence-corrected chi connectivity index (χ1v) is 16.8. The summed E-state index contributed by atoms with van der Waals surface area (Å²) in [6.45, 7) is 0.957. The van der Waals surface area contributed by atoms with Gasteiger partial charge in [0.25, 0.3) is 5.91 Å². The fraction of sp³-hybridized carbons (Fsp3) is 0.345. The lowest BCUT2D eigenvalue weighted by atomic mass is 10.1. The molecule has 1 N–H and O–H groups in total. The molecule has 0 bridgehead atoms. The Morgan fingerprint density at radius 3 is 2.44 bits per heavy atom. The molecule has 2 aromatic carbocycles. The number of carbonyl (C=O) groups excluding carboxylic acids is 1. The first-order valence-electron chi connectivity index (χ1n) is 13.5. The number of para-hydroxylation sites is 1. The Labute approximate surface area is 240 Å². The molecule has 41 heavy (non-hydrogen) atoms. The number of sulfone groups is 1. The Bertz CT molecular complexity index is 1720. The van der Waals surface area contributed by atoms with Crippen molar-refractivity contribution >= 4 is 31.8 Å². The molecule has 1 atom stereocenters. The van der Waals surface area contributed by atoms with Crippen molar-refractivity contribution in [3.8, 4) is 23.0 Å². The lowest BCUT2D eigenvalue weighted by Gasteiger charge is -2.20. The van der Waals surface area contributed by atoms with Gasteiger partial charge in [0.1, 0.15) is 17.3 Å². The molecule has 3 aromatic rings. The van der Waals surface area contributed by atoms with Gasteiger partial charge in [-0.2, -0.15) is 14.7 Å². The molecule has 2 aliphatic rings. The number of aromatic nitrogens is 2. The Morgan fingerprint density at radius 2 is 1.78 bits per heavy atom. The third-order valence-corrected chi connectivity index (χ3v) is 11.0. The number of nitrogens with zero attached hydrogens (tertiary/aromatic N) is 4. The summed E-state index contributed by atoms with van der Waals surface area (Å²) in [5.74, 6) is -0.841. The van der Waals surface area contributed by atoms with Crippen LogP contribution in [-0.4, -0.2) is 67.5 Å². The van der Waals surface area contributed by atoms with Gasteiger partial charge in [-0.1, -0.05) is 43.2 Å². The minimum absolute atomic E-state index is 0.00573. The van der Waals surface area contributed by atoms with E-state index in [1.807, 2.05) is 36.4 Å². The van der Waals surface area contributed by atoms with Crippen LogP contribution in [0.3, 0.4) is 0 Å². The number of sulfonamides is 1. The quantitative estimate of drug-likeness (QED) is 0.327. The molecule has 2 aliphatic heterocycles. The summed E-state index contributed by atoms with van der Waals surface area (Å²) in [5.41, 5.74) is 1.87. The molecule has 2 saturated heterocycles. The summed E-state index contributed by atoms with van der Waals surface area (Å²) in [7, 11) is -6.93. The standard InChI is InChI=1S/C29H31N5O5S2/c30-19-23(29(35)31-25-13-16-40(36,37)21-25)17-24-20-34(26-10-4-3-5-11-26)32-28(24)22-9-8-12-27(18-22)41(38,39)33-14-6-1-2-7-15-33/h3-5,8-12,17-18,20,25H,1-2,6-7,13-16,21H2,(H,31,35)/b23-17-. The number of nitrogens with one attached hydrogen (secondary N) is 1. The van der Waals surface area contributed by atoms with Gasteiger partial charge in [0.05, 0.1) is 22.1 Å². The minimum atomic E-state index is -3.72. The third-order valence-electron chi connectivity index (χ3n) is 7.31. The average Bonchev–Trinajstić information content (AvgIpc) is 3.41. The second-order valence-electron chi connectivity index (χ2n) is 10.3.